The number of aryl methyl sites for hydroxylation is 1. The normalized spacial score (nSPS) is 16.2. The van der Waals surface area contributed by atoms with Crippen molar-refractivity contribution in [3.05, 3.63) is 88.8 Å². The van der Waals surface area contributed by atoms with Crippen LogP contribution in [0.1, 0.15) is 24.5 Å². The van der Waals surface area contributed by atoms with Gasteiger partial charge in [0.05, 0.1) is 17.2 Å². The summed E-state index contributed by atoms with van der Waals surface area (Å²) in [4.78, 5) is 29.9. The molecule has 2 heterocycles. The number of thiocarbonyl (C=S) groups is 1. The Kier molecular flexibility index (Phi) is 7.58. The molecule has 0 unspecified atom stereocenters. The fourth-order valence-electron chi connectivity index (χ4n) is 4.43. The zero-order valence-electron chi connectivity index (χ0n) is 20.4. The number of hydrogen-bond donors (Lipinski definition) is 0. The highest BCUT2D eigenvalue weighted by Crippen LogP contribution is 2.37. The number of carbonyl (C=O) groups is 2. The number of rotatable bonds is 7. The van der Waals surface area contributed by atoms with Crippen LogP contribution >= 0.6 is 24.0 Å². The first-order chi connectivity index (χ1) is 18.0. The van der Waals surface area contributed by atoms with E-state index in [0.29, 0.717) is 33.9 Å². The predicted molar refractivity (Wildman–Crippen MR) is 152 cm³/mol. The Hall–Kier alpha value is -3.62. The van der Waals surface area contributed by atoms with Crippen LogP contribution in [-0.4, -0.2) is 35.9 Å². The monoisotopic (exact) mass is 530 g/mol. The molecule has 0 aliphatic carbocycles. The lowest BCUT2D eigenvalue weighted by molar-refractivity contribution is -0.120. The molecule has 0 saturated carbocycles. The van der Waals surface area contributed by atoms with Crippen molar-refractivity contribution < 1.29 is 19.1 Å². The maximum absolute atomic E-state index is 13.1. The molecule has 0 N–H and O–H groups in total. The van der Waals surface area contributed by atoms with Gasteiger partial charge in [-0.15, -0.1) is 0 Å². The van der Waals surface area contributed by atoms with E-state index >= 15 is 0 Å². The smallest absolute Gasteiger partial charge is 0.270 e. The maximum Gasteiger partial charge on any atom is 0.270 e. The maximum atomic E-state index is 13.1. The summed E-state index contributed by atoms with van der Waals surface area (Å²) in [5.74, 6) is 0.742. The molecule has 3 aromatic rings. The first-order valence-corrected chi connectivity index (χ1v) is 13.4. The molecule has 3 aromatic carbocycles. The molecule has 2 amide bonds. The molecule has 188 valence electrons. The molecule has 0 bridgehead atoms. The van der Waals surface area contributed by atoms with Gasteiger partial charge in [-0.25, -0.2) is 0 Å². The molecule has 5 rings (SSSR count). The number of hydrogen-bond acceptors (Lipinski definition) is 6. The molecule has 6 nitrogen and oxygen atoms in total. The summed E-state index contributed by atoms with van der Waals surface area (Å²) in [6.45, 7) is 2.90. The molecule has 0 spiro atoms. The molecular formula is C29H26N2O4S2. The average molecular weight is 531 g/mol. The van der Waals surface area contributed by atoms with Crippen LogP contribution in [0.3, 0.4) is 0 Å². The van der Waals surface area contributed by atoms with Gasteiger partial charge in [0.1, 0.15) is 0 Å². The number of fused-ring (bicyclic) bond motifs is 1. The van der Waals surface area contributed by atoms with Crippen molar-refractivity contribution in [3.63, 3.8) is 0 Å². The van der Waals surface area contributed by atoms with Crippen molar-refractivity contribution in [2.24, 2.45) is 0 Å². The number of carbonyl (C=O) groups excluding carboxylic acids is 2. The standard InChI is InChI=1S/C29H26N2O4S2/c1-2-34-25-17-20(18-26-28(33)31(29(36)37-26)22-11-4-3-5-12-22)14-15-24(25)35-19-27(32)30-16-8-10-21-9-6-7-13-23(21)30/h3-7,9,11-15,17-18H,2,8,10,16,19H2,1H3. The molecule has 2 aliphatic rings. The van der Waals surface area contributed by atoms with E-state index in [2.05, 4.69) is 6.07 Å². The Morgan fingerprint density at radius 1 is 1.03 bits per heavy atom. The fourth-order valence-corrected chi connectivity index (χ4v) is 5.73. The highest BCUT2D eigenvalue weighted by atomic mass is 32.2. The van der Waals surface area contributed by atoms with Gasteiger partial charge < -0.3 is 14.4 Å². The van der Waals surface area contributed by atoms with Gasteiger partial charge in [-0.1, -0.05) is 66.4 Å². The van der Waals surface area contributed by atoms with Crippen LogP contribution in [0, 0.1) is 0 Å². The second kappa shape index (κ2) is 11.2. The molecule has 1 saturated heterocycles. The summed E-state index contributed by atoms with van der Waals surface area (Å²) in [6, 6.07) is 22.8. The molecule has 1 fully saturated rings. The minimum absolute atomic E-state index is 0.0938. The number of ether oxygens (including phenoxy) is 2. The van der Waals surface area contributed by atoms with E-state index in [4.69, 9.17) is 21.7 Å². The number of benzene rings is 3. The van der Waals surface area contributed by atoms with E-state index in [9.17, 15) is 9.59 Å². The van der Waals surface area contributed by atoms with Gasteiger partial charge in [0.25, 0.3) is 11.8 Å². The largest absolute Gasteiger partial charge is 0.490 e. The third kappa shape index (κ3) is 5.40. The number of amides is 2. The highest BCUT2D eigenvalue weighted by molar-refractivity contribution is 8.27. The van der Waals surface area contributed by atoms with Crippen molar-refractivity contribution in [1.82, 2.24) is 0 Å². The molecule has 0 aromatic heterocycles. The second-order valence-corrected chi connectivity index (χ2v) is 10.2. The lowest BCUT2D eigenvalue weighted by atomic mass is 10.0. The predicted octanol–water partition coefficient (Wildman–Crippen LogP) is 5.85. The number of anilines is 2. The minimum Gasteiger partial charge on any atom is -0.490 e. The van der Waals surface area contributed by atoms with Crippen molar-refractivity contribution in [2.45, 2.75) is 19.8 Å². The van der Waals surface area contributed by atoms with Crippen LogP contribution < -0.4 is 19.3 Å². The fraction of sp³-hybridized carbons (Fsp3) is 0.207. The Labute approximate surface area is 225 Å². The summed E-state index contributed by atoms with van der Waals surface area (Å²) in [5, 5.41) is 0. The first-order valence-electron chi connectivity index (χ1n) is 12.2. The SMILES string of the molecule is CCOc1cc(C=C2SC(=S)N(c3ccccc3)C2=O)ccc1OCC(=O)N1CCCc2ccccc21. The molecular weight excluding hydrogens is 504 g/mol. The van der Waals surface area contributed by atoms with E-state index < -0.39 is 0 Å². The van der Waals surface area contributed by atoms with E-state index in [1.807, 2.05) is 67.6 Å². The van der Waals surface area contributed by atoms with Gasteiger partial charge in [0.15, 0.2) is 22.4 Å². The summed E-state index contributed by atoms with van der Waals surface area (Å²) in [7, 11) is 0. The van der Waals surface area contributed by atoms with Crippen LogP contribution in [0.25, 0.3) is 6.08 Å². The van der Waals surface area contributed by atoms with Crippen LogP contribution in [0.2, 0.25) is 0 Å². The van der Waals surface area contributed by atoms with Crippen molar-refractivity contribution in [2.75, 3.05) is 29.6 Å². The van der Waals surface area contributed by atoms with Gasteiger partial charge >= 0.3 is 0 Å². The van der Waals surface area contributed by atoms with Crippen LogP contribution in [-0.2, 0) is 16.0 Å². The Balaban J connectivity index is 1.31. The van der Waals surface area contributed by atoms with E-state index in [1.54, 1.807) is 17.0 Å². The third-order valence-corrected chi connectivity index (χ3v) is 7.44. The molecule has 2 aliphatic heterocycles. The average Bonchev–Trinajstić information content (AvgIpc) is 3.20. The second-order valence-electron chi connectivity index (χ2n) is 8.56. The summed E-state index contributed by atoms with van der Waals surface area (Å²) < 4.78 is 12.2. The number of thioether (sulfide) groups is 1. The van der Waals surface area contributed by atoms with Gasteiger partial charge in [0.2, 0.25) is 0 Å². The summed E-state index contributed by atoms with van der Waals surface area (Å²) in [6.07, 6.45) is 3.70. The summed E-state index contributed by atoms with van der Waals surface area (Å²) >= 11 is 6.73. The molecule has 0 radical (unpaired) electrons. The van der Waals surface area contributed by atoms with Gasteiger partial charge in [0, 0.05) is 12.2 Å². The quantitative estimate of drug-likeness (QED) is 0.282. The topological polar surface area (TPSA) is 59.1 Å². The lowest BCUT2D eigenvalue weighted by Gasteiger charge is -2.29. The van der Waals surface area contributed by atoms with Gasteiger partial charge in [-0.2, -0.15) is 0 Å². The van der Waals surface area contributed by atoms with Crippen LogP contribution in [0.15, 0.2) is 77.7 Å². The van der Waals surface area contributed by atoms with Gasteiger partial charge in [-0.05, 0) is 67.3 Å². The van der Waals surface area contributed by atoms with Crippen molar-refractivity contribution in [1.29, 1.82) is 0 Å². The third-order valence-electron chi connectivity index (χ3n) is 6.14. The van der Waals surface area contributed by atoms with E-state index in [-0.39, 0.29) is 18.4 Å². The molecule has 37 heavy (non-hydrogen) atoms. The molecule has 0 atom stereocenters. The zero-order valence-corrected chi connectivity index (χ0v) is 22.0. The first kappa shape index (κ1) is 25.0. The summed E-state index contributed by atoms with van der Waals surface area (Å²) in [5.41, 5.74) is 3.66. The van der Waals surface area contributed by atoms with E-state index in [1.165, 1.54) is 22.2 Å². The Bertz CT molecular complexity index is 1370. The van der Waals surface area contributed by atoms with Crippen LogP contribution in [0.4, 0.5) is 11.4 Å². The lowest BCUT2D eigenvalue weighted by Crippen LogP contribution is -2.38. The Morgan fingerprint density at radius 2 is 1.81 bits per heavy atom. The van der Waals surface area contributed by atoms with Crippen LogP contribution in [0.5, 0.6) is 11.5 Å². The zero-order chi connectivity index (χ0) is 25.8. The number of nitrogens with zero attached hydrogens (tertiary/aromatic N) is 2. The van der Waals surface area contributed by atoms with Crippen molar-refractivity contribution in [3.8, 4) is 11.5 Å². The molecule has 8 heteroatoms. The highest BCUT2D eigenvalue weighted by Gasteiger charge is 2.33. The Morgan fingerprint density at radius 3 is 2.62 bits per heavy atom. The number of para-hydroxylation sites is 2. The minimum atomic E-state index is -0.160. The van der Waals surface area contributed by atoms with Crippen molar-refractivity contribution >= 4 is 57.6 Å². The van der Waals surface area contributed by atoms with Gasteiger partial charge in [-0.3, -0.25) is 14.5 Å². The van der Waals surface area contributed by atoms with E-state index in [0.717, 1.165) is 29.8 Å².